The van der Waals surface area contributed by atoms with Gasteiger partial charge in [0, 0.05) is 10.8 Å². The van der Waals surface area contributed by atoms with E-state index in [1.807, 2.05) is 140 Å². The molecule has 0 aromatic heterocycles. The van der Waals surface area contributed by atoms with E-state index < -0.39 is 6.10 Å². The summed E-state index contributed by atoms with van der Waals surface area (Å²) in [5, 5.41) is 10.5. The molecule has 0 bridgehead atoms. The molecule has 7 aromatic carbocycles. The zero-order valence-electron chi connectivity index (χ0n) is 50.4. The Kier molecular flexibility index (Phi) is 26.1. The van der Waals surface area contributed by atoms with E-state index in [1.54, 1.807) is 0 Å². The zero-order chi connectivity index (χ0) is 59.4. The highest BCUT2D eigenvalue weighted by Crippen LogP contribution is 2.35. The van der Waals surface area contributed by atoms with Crippen LogP contribution >= 0.6 is 0 Å². The van der Waals surface area contributed by atoms with Crippen LogP contribution < -0.4 is 33.2 Å². The minimum absolute atomic E-state index is 0.102. The minimum atomic E-state index is -0.772. The van der Waals surface area contributed by atoms with Crippen LogP contribution in [0.1, 0.15) is 90.5 Å². The quantitative estimate of drug-likeness (QED) is 0.0573. The van der Waals surface area contributed by atoms with Crippen LogP contribution in [0, 0.1) is 0 Å². The van der Waals surface area contributed by atoms with Gasteiger partial charge in [0.05, 0.1) is 26.4 Å². The normalized spacial score (nSPS) is 18.5. The van der Waals surface area contributed by atoms with Gasteiger partial charge in [0.1, 0.15) is 117 Å². The van der Waals surface area contributed by atoms with Crippen LogP contribution in [0.4, 0.5) is 0 Å². The number of benzene rings is 7. The van der Waals surface area contributed by atoms with E-state index in [0.717, 1.165) is 60.7 Å². The molecule has 7 aromatic rings. The number of hydrogen-bond acceptors (Lipinski definition) is 13. The highest BCUT2D eigenvalue weighted by atomic mass is 16.8. The van der Waals surface area contributed by atoms with Gasteiger partial charge < -0.3 is 61.9 Å². The summed E-state index contributed by atoms with van der Waals surface area (Å²) in [7, 11) is 0. The molecule has 5 heterocycles. The Hall–Kier alpha value is -7.10. The Bertz CT molecular complexity index is 2710. The Labute approximate surface area is 499 Å². The van der Waals surface area contributed by atoms with Gasteiger partial charge in [-0.3, -0.25) is 0 Å². The number of rotatable bonds is 24. The lowest BCUT2D eigenvalue weighted by molar-refractivity contribution is 0.0626. The molecule has 0 aliphatic carbocycles. The third kappa shape index (κ3) is 24.2. The summed E-state index contributed by atoms with van der Waals surface area (Å²) in [6.45, 7) is 24.2. The first-order chi connectivity index (χ1) is 40.8. The van der Waals surface area contributed by atoms with Crippen molar-refractivity contribution in [3.05, 3.63) is 210 Å². The average molecular weight is 1150 g/mol. The lowest BCUT2D eigenvalue weighted by atomic mass is 9.78. The third-order valence-electron chi connectivity index (χ3n) is 13.3. The molecule has 0 amide bonds. The zero-order valence-corrected chi connectivity index (χ0v) is 50.4. The van der Waals surface area contributed by atoms with Crippen LogP contribution in [0.2, 0.25) is 0 Å². The Morgan fingerprint density at radius 2 is 0.571 bits per heavy atom. The number of aliphatic hydroxyl groups is 1. The third-order valence-corrected chi connectivity index (χ3v) is 13.3. The van der Waals surface area contributed by atoms with Crippen LogP contribution in [-0.2, 0) is 34.5 Å². The van der Waals surface area contributed by atoms with Crippen molar-refractivity contribution in [2.45, 2.75) is 116 Å². The summed E-state index contributed by atoms with van der Waals surface area (Å²) in [5.74, 6) is 5.82. The molecule has 13 heteroatoms. The first kappa shape index (κ1) is 64.5. The number of epoxide rings is 5. The second kappa shape index (κ2) is 34.0. The monoisotopic (exact) mass is 1150 g/mol. The molecule has 450 valence electrons. The lowest BCUT2D eigenvalue weighted by Gasteiger charge is -2.26. The van der Waals surface area contributed by atoms with Crippen molar-refractivity contribution in [3.8, 4) is 40.2 Å². The van der Waals surface area contributed by atoms with Crippen LogP contribution in [0.15, 0.2) is 188 Å². The predicted molar refractivity (Wildman–Crippen MR) is 330 cm³/mol. The van der Waals surface area contributed by atoms with E-state index >= 15 is 0 Å². The Morgan fingerprint density at radius 3 is 0.810 bits per heavy atom. The van der Waals surface area contributed by atoms with Gasteiger partial charge in [0.25, 0.3) is 0 Å². The average Bonchev–Trinajstić information content (AvgIpc) is 4.52. The molecular weight excluding hydrogens is 1060 g/mol. The lowest BCUT2D eigenvalue weighted by Crippen LogP contribution is -2.25. The van der Waals surface area contributed by atoms with Crippen LogP contribution in [0.25, 0.3) is 0 Å². The molecular formula is C71H88O13. The SMILES string of the molecule is CC(C)(c1ccc(OCC(O)COc2ccc(C(C)(C)c3ccc(OC4CO4)cc3)cc2)cc1)c1ccc(OCC2CO2)cc1.CCC.CCC.c1ccc(OCC2CO2)cc1.c1ccc(OCC2CO2)cc1.c1ccc(OCC2CO2)cc1. The number of ether oxygens (including phenoxy) is 12. The van der Waals surface area contributed by atoms with Crippen molar-refractivity contribution < 1.29 is 61.9 Å². The van der Waals surface area contributed by atoms with Crippen molar-refractivity contribution >= 4 is 0 Å². The Balaban J connectivity index is 0.000000205. The molecule has 0 spiro atoms. The van der Waals surface area contributed by atoms with Gasteiger partial charge in [-0.15, -0.1) is 0 Å². The largest absolute Gasteiger partial charge is 0.491 e. The fourth-order valence-electron chi connectivity index (χ4n) is 7.84. The van der Waals surface area contributed by atoms with Crippen LogP contribution in [0.5, 0.6) is 40.2 Å². The van der Waals surface area contributed by atoms with Gasteiger partial charge in [-0.25, -0.2) is 0 Å². The van der Waals surface area contributed by atoms with E-state index in [-0.39, 0.29) is 36.4 Å². The summed E-state index contributed by atoms with van der Waals surface area (Å²) >= 11 is 0. The maximum absolute atomic E-state index is 10.5. The van der Waals surface area contributed by atoms with Gasteiger partial charge in [0.2, 0.25) is 6.29 Å². The molecule has 84 heavy (non-hydrogen) atoms. The van der Waals surface area contributed by atoms with Gasteiger partial charge in [-0.1, -0.05) is 171 Å². The van der Waals surface area contributed by atoms with Crippen LogP contribution in [0.3, 0.4) is 0 Å². The molecule has 0 radical (unpaired) electrons. The summed E-state index contributed by atoms with van der Waals surface area (Å²) in [6.07, 6.45) is 2.90. The number of aliphatic hydroxyl groups excluding tert-OH is 1. The first-order valence-electron chi connectivity index (χ1n) is 29.6. The fraction of sp³-hybridized carbons (Fsp3) is 0.408. The van der Waals surface area contributed by atoms with Crippen molar-refractivity contribution in [1.29, 1.82) is 0 Å². The summed E-state index contributed by atoms with van der Waals surface area (Å²) < 4.78 is 64.8. The van der Waals surface area contributed by atoms with Crippen molar-refractivity contribution in [2.24, 2.45) is 0 Å². The van der Waals surface area contributed by atoms with Crippen molar-refractivity contribution in [3.63, 3.8) is 0 Å². The van der Waals surface area contributed by atoms with Crippen molar-refractivity contribution in [1.82, 2.24) is 0 Å². The molecule has 12 rings (SSSR count). The second-order valence-electron chi connectivity index (χ2n) is 21.9. The van der Waals surface area contributed by atoms with Crippen molar-refractivity contribution in [2.75, 3.05) is 72.7 Å². The molecule has 5 aliphatic heterocycles. The standard InChI is InChI=1S/C38H42O7.3C9H10O2.2C3H8/c1-37(2,28-9-17-33(18-10-28)42-23-35-24-43-35)26-5-13-31(14-6-26)40-21-30(39)22-41-32-15-7-27(8-16-32)38(3,4)29-11-19-34(20-12-29)45-36-25-44-36;3*1-2-4-8(5-3-1)10-6-9-7-11-9;2*1-3-2/h5-20,30,35-36,39H,21-25H2,1-4H3;3*1-5,9H,6-7H2;2*3H2,1-2H3. The topological polar surface area (TPSA) is 147 Å². The van der Waals surface area contributed by atoms with E-state index in [0.29, 0.717) is 62.8 Å². The maximum atomic E-state index is 10.5. The summed E-state index contributed by atoms with van der Waals surface area (Å²) in [4.78, 5) is 0. The molecule has 5 fully saturated rings. The predicted octanol–water partition coefficient (Wildman–Crippen LogP) is 13.9. The number of para-hydroxylation sites is 3. The molecule has 13 nitrogen and oxygen atoms in total. The molecule has 6 unspecified atom stereocenters. The second-order valence-corrected chi connectivity index (χ2v) is 21.9. The highest BCUT2D eigenvalue weighted by Gasteiger charge is 2.28. The first-order valence-corrected chi connectivity index (χ1v) is 29.6. The molecule has 1 N–H and O–H groups in total. The molecule has 5 saturated heterocycles. The van der Waals surface area contributed by atoms with E-state index in [1.165, 1.54) is 29.5 Å². The van der Waals surface area contributed by atoms with Gasteiger partial charge in [-0.2, -0.15) is 0 Å². The van der Waals surface area contributed by atoms with Gasteiger partial charge in [0.15, 0.2) is 0 Å². The van der Waals surface area contributed by atoms with Crippen LogP contribution in [-0.4, -0.2) is 115 Å². The number of hydrogen-bond donors (Lipinski definition) is 1. The van der Waals surface area contributed by atoms with E-state index in [9.17, 15) is 5.11 Å². The van der Waals surface area contributed by atoms with Gasteiger partial charge in [-0.05, 0) is 107 Å². The van der Waals surface area contributed by atoms with E-state index in [4.69, 9.17) is 56.8 Å². The maximum Gasteiger partial charge on any atom is 0.223 e. The molecule has 6 atom stereocenters. The fourth-order valence-corrected chi connectivity index (χ4v) is 7.84. The minimum Gasteiger partial charge on any atom is -0.491 e. The smallest absolute Gasteiger partial charge is 0.223 e. The van der Waals surface area contributed by atoms with E-state index in [2.05, 4.69) is 104 Å². The van der Waals surface area contributed by atoms with Gasteiger partial charge >= 0.3 is 0 Å². The summed E-state index contributed by atoms with van der Waals surface area (Å²) in [5.41, 5.74) is 4.31. The molecule has 5 aliphatic rings. The summed E-state index contributed by atoms with van der Waals surface area (Å²) in [6, 6.07) is 61.8. The Morgan fingerprint density at radius 1 is 0.345 bits per heavy atom. The molecule has 0 saturated carbocycles. The highest BCUT2D eigenvalue weighted by molar-refractivity contribution is 5.43.